The molecule has 0 aromatic carbocycles. The van der Waals surface area contributed by atoms with Crippen LogP contribution in [0.4, 0.5) is 0 Å². The van der Waals surface area contributed by atoms with Gasteiger partial charge in [-0.3, -0.25) is 0 Å². The second-order valence-electron chi connectivity index (χ2n) is 5.09. The Kier molecular flexibility index (Phi) is 10.5. The van der Waals surface area contributed by atoms with Crippen molar-refractivity contribution in [3.05, 3.63) is 0 Å². The first-order valence-electron chi connectivity index (χ1n) is 7.29. The molecule has 0 saturated heterocycles. The van der Waals surface area contributed by atoms with Gasteiger partial charge in [-0.1, -0.05) is 0 Å². The second kappa shape index (κ2) is 10.3. The maximum absolute atomic E-state index is 11.4. The van der Waals surface area contributed by atoms with E-state index in [1.165, 1.54) is 50.9 Å². The van der Waals surface area contributed by atoms with E-state index >= 15 is 0 Å². The fourth-order valence-electron chi connectivity index (χ4n) is 2.33. The minimum atomic E-state index is -2.59. The summed E-state index contributed by atoms with van der Waals surface area (Å²) in [5, 5.41) is 0. The molecule has 0 aliphatic rings. The number of carbonyl (C=O) groups excluding carboxylic acids is 1. The van der Waals surface area contributed by atoms with E-state index in [1.54, 1.807) is 6.92 Å². The summed E-state index contributed by atoms with van der Waals surface area (Å²) in [6, 6.07) is 0. The molecule has 0 unspecified atom stereocenters. The Labute approximate surface area is 113 Å². The first kappa shape index (κ1) is 17.4. The van der Waals surface area contributed by atoms with Crippen molar-refractivity contribution >= 4 is 5.97 Å². The fourth-order valence-corrected chi connectivity index (χ4v) is 13.8. The number of carbonyl (C=O) groups is 1. The van der Waals surface area contributed by atoms with E-state index in [4.69, 9.17) is 2.81 Å². The van der Waals surface area contributed by atoms with Crippen LogP contribution in [-0.4, -0.2) is 5.97 Å². The summed E-state index contributed by atoms with van der Waals surface area (Å²) >= 11 is -2.59. The van der Waals surface area contributed by atoms with Crippen LogP contribution in [0, 0.1) is 0 Å². The van der Waals surface area contributed by atoms with Gasteiger partial charge in [0.15, 0.2) is 0 Å². The molecule has 0 atom stereocenters. The van der Waals surface area contributed by atoms with Gasteiger partial charge >= 0.3 is 113 Å². The van der Waals surface area contributed by atoms with E-state index in [9.17, 15) is 4.79 Å². The van der Waals surface area contributed by atoms with Gasteiger partial charge in [-0.2, -0.15) is 0 Å². The van der Waals surface area contributed by atoms with Crippen LogP contribution in [0.5, 0.6) is 0 Å². The van der Waals surface area contributed by atoms with Crippen molar-refractivity contribution in [2.75, 3.05) is 0 Å². The summed E-state index contributed by atoms with van der Waals surface area (Å²) in [6.07, 6.45) is 7.40. The quantitative estimate of drug-likeness (QED) is 0.547. The molecule has 0 rings (SSSR count). The third-order valence-electron chi connectivity index (χ3n) is 3.32. The van der Waals surface area contributed by atoms with Crippen LogP contribution >= 0.6 is 0 Å². The van der Waals surface area contributed by atoms with Gasteiger partial charge in [0.05, 0.1) is 0 Å². The summed E-state index contributed by atoms with van der Waals surface area (Å²) < 4.78 is 9.64. The van der Waals surface area contributed by atoms with Gasteiger partial charge < -0.3 is 0 Å². The third kappa shape index (κ3) is 8.13. The molecule has 17 heavy (non-hydrogen) atoms. The Morgan fingerprint density at radius 2 is 1.24 bits per heavy atom. The topological polar surface area (TPSA) is 26.3 Å². The van der Waals surface area contributed by atoms with Crippen LogP contribution in [-0.2, 0) is 28.3 Å². The van der Waals surface area contributed by atoms with E-state index < -0.39 is 20.7 Å². The molecule has 0 aromatic rings. The standard InChI is InChI=1S/3C4H9.C2H4O2.Zr/c3*1-3-4-2;1-2(3)4;/h3*1,3-4H2,2H3;1H3,(H,3,4);/q;;;;+1/p-1. The molecule has 0 spiro atoms. The third-order valence-corrected chi connectivity index (χ3v) is 14.4. The molecule has 3 heteroatoms. The van der Waals surface area contributed by atoms with Gasteiger partial charge in [0, 0.05) is 0 Å². The average molecular weight is 322 g/mol. The number of hydrogen-bond acceptors (Lipinski definition) is 2. The molecule has 0 heterocycles. The molecular formula is C14H30O2Zr. The maximum atomic E-state index is 11.4. The predicted molar refractivity (Wildman–Crippen MR) is 70.9 cm³/mol. The molecule has 0 amide bonds. The van der Waals surface area contributed by atoms with Gasteiger partial charge in [-0.05, 0) is 0 Å². The molecule has 0 aromatic heterocycles. The van der Waals surface area contributed by atoms with Crippen molar-refractivity contribution in [2.45, 2.75) is 78.6 Å². The zero-order valence-corrected chi connectivity index (χ0v) is 14.6. The predicted octanol–water partition coefficient (Wildman–Crippen LogP) is 5.27. The molecule has 2 nitrogen and oxygen atoms in total. The summed E-state index contributed by atoms with van der Waals surface area (Å²) in [4.78, 5) is 11.4. The summed E-state index contributed by atoms with van der Waals surface area (Å²) in [6.45, 7) is 8.27. The Morgan fingerprint density at radius 3 is 1.47 bits per heavy atom. The van der Waals surface area contributed by atoms with Gasteiger partial charge in [0.1, 0.15) is 0 Å². The zero-order chi connectivity index (χ0) is 13.1. The van der Waals surface area contributed by atoms with Gasteiger partial charge in [-0.25, -0.2) is 0 Å². The van der Waals surface area contributed by atoms with Crippen LogP contribution in [0.3, 0.4) is 0 Å². The molecule has 0 bridgehead atoms. The van der Waals surface area contributed by atoms with Crippen LogP contribution in [0.25, 0.3) is 0 Å². The summed E-state index contributed by atoms with van der Waals surface area (Å²) in [7, 11) is 0. The Hall–Kier alpha value is 0.353. The van der Waals surface area contributed by atoms with E-state index in [1.807, 2.05) is 0 Å². The van der Waals surface area contributed by atoms with Crippen LogP contribution in [0.2, 0.25) is 12.4 Å². The van der Waals surface area contributed by atoms with Crippen molar-refractivity contribution < 1.29 is 28.3 Å². The SMILES string of the molecule is CCC[CH2][Zr]([CH2]CCC)([CH2]CCC)[O]C(C)=O. The van der Waals surface area contributed by atoms with Gasteiger partial charge in [0.25, 0.3) is 0 Å². The average Bonchev–Trinajstić information content (AvgIpc) is 2.30. The Morgan fingerprint density at radius 1 is 0.882 bits per heavy atom. The summed E-state index contributed by atoms with van der Waals surface area (Å²) in [5.74, 6) is -0.0240. The second-order valence-corrected chi connectivity index (χ2v) is 15.1. The van der Waals surface area contributed by atoms with Crippen LogP contribution in [0.1, 0.15) is 66.2 Å². The normalized spacial score (nSPS) is 11.5. The number of rotatable bonds is 10. The van der Waals surface area contributed by atoms with Crippen molar-refractivity contribution in [2.24, 2.45) is 0 Å². The minimum absolute atomic E-state index is 0.0240. The van der Waals surface area contributed by atoms with Gasteiger partial charge in [-0.15, -0.1) is 0 Å². The van der Waals surface area contributed by atoms with Crippen molar-refractivity contribution in [3.63, 3.8) is 0 Å². The number of hydrogen-bond donors (Lipinski definition) is 0. The molecule has 0 aliphatic carbocycles. The van der Waals surface area contributed by atoms with Crippen LogP contribution in [0.15, 0.2) is 0 Å². The molecule has 0 N–H and O–H groups in total. The van der Waals surface area contributed by atoms with E-state index in [0.717, 1.165) is 0 Å². The zero-order valence-electron chi connectivity index (χ0n) is 12.2. The number of unbranched alkanes of at least 4 members (excludes halogenated alkanes) is 3. The van der Waals surface area contributed by atoms with Crippen molar-refractivity contribution in [1.29, 1.82) is 0 Å². The van der Waals surface area contributed by atoms with E-state index in [0.29, 0.717) is 0 Å². The molecule has 0 radical (unpaired) electrons. The monoisotopic (exact) mass is 320 g/mol. The first-order chi connectivity index (χ1) is 8.10. The molecule has 102 valence electrons. The molecule has 0 saturated carbocycles. The Balaban J connectivity index is 4.56. The van der Waals surface area contributed by atoms with Crippen molar-refractivity contribution in [3.8, 4) is 0 Å². The first-order valence-corrected chi connectivity index (χ1v) is 13.5. The fraction of sp³-hybridized carbons (Fsp3) is 0.929. The Bertz CT molecular complexity index is 183. The van der Waals surface area contributed by atoms with E-state index in [-0.39, 0.29) is 5.97 Å². The summed E-state index contributed by atoms with van der Waals surface area (Å²) in [5.41, 5.74) is 0. The van der Waals surface area contributed by atoms with Crippen molar-refractivity contribution in [1.82, 2.24) is 0 Å². The van der Waals surface area contributed by atoms with Gasteiger partial charge in [0.2, 0.25) is 0 Å². The molecule has 0 aliphatic heterocycles. The van der Waals surface area contributed by atoms with Crippen LogP contribution < -0.4 is 0 Å². The van der Waals surface area contributed by atoms with E-state index in [2.05, 4.69) is 20.8 Å². The molecule has 0 fully saturated rings. The molecular weight excluding hydrogens is 291 g/mol.